The maximum Gasteiger partial charge on any atom is 0.255 e. The minimum atomic E-state index is -0.186. The number of hydrogen-bond donors (Lipinski definition) is 1. The number of nitrogens with one attached hydrogen (secondary N) is 1. The third kappa shape index (κ3) is 4.03. The van der Waals surface area contributed by atoms with Gasteiger partial charge in [-0.3, -0.25) is 4.79 Å². The van der Waals surface area contributed by atoms with Gasteiger partial charge in [-0.2, -0.15) is 0 Å². The summed E-state index contributed by atoms with van der Waals surface area (Å²) in [4.78, 5) is 12.4. The molecule has 0 aliphatic rings. The summed E-state index contributed by atoms with van der Waals surface area (Å²) in [7, 11) is 3.11. The molecule has 122 valence electrons. The molecular formula is C19H23NO3. The number of anilines is 1. The van der Waals surface area contributed by atoms with Gasteiger partial charge in [0, 0.05) is 11.3 Å². The second-order valence-corrected chi connectivity index (χ2v) is 6.35. The lowest BCUT2D eigenvalue weighted by atomic mass is 9.87. The van der Waals surface area contributed by atoms with Gasteiger partial charge in [0.2, 0.25) is 0 Å². The van der Waals surface area contributed by atoms with Crippen molar-refractivity contribution in [3.05, 3.63) is 53.6 Å². The van der Waals surface area contributed by atoms with Crippen LogP contribution in [0.4, 0.5) is 5.69 Å². The van der Waals surface area contributed by atoms with Crippen LogP contribution in [0.5, 0.6) is 11.5 Å². The van der Waals surface area contributed by atoms with E-state index in [1.165, 1.54) is 5.56 Å². The lowest BCUT2D eigenvalue weighted by Gasteiger charge is -2.19. The molecule has 2 rings (SSSR count). The number of amides is 1. The Morgan fingerprint density at radius 3 is 2.04 bits per heavy atom. The van der Waals surface area contributed by atoms with Crippen LogP contribution in [0.15, 0.2) is 42.5 Å². The van der Waals surface area contributed by atoms with Crippen molar-refractivity contribution in [1.29, 1.82) is 0 Å². The molecule has 2 aromatic rings. The van der Waals surface area contributed by atoms with Crippen LogP contribution >= 0.6 is 0 Å². The van der Waals surface area contributed by atoms with Gasteiger partial charge in [0.05, 0.1) is 14.2 Å². The zero-order valence-corrected chi connectivity index (χ0v) is 14.3. The summed E-state index contributed by atoms with van der Waals surface area (Å²) in [5, 5.41) is 2.89. The molecule has 2 aromatic carbocycles. The number of carbonyl (C=O) groups is 1. The quantitative estimate of drug-likeness (QED) is 0.917. The number of carbonyl (C=O) groups excluding carboxylic acids is 1. The average Bonchev–Trinajstić information content (AvgIpc) is 2.53. The van der Waals surface area contributed by atoms with Crippen LogP contribution in [-0.4, -0.2) is 20.1 Å². The summed E-state index contributed by atoms with van der Waals surface area (Å²) >= 11 is 0. The van der Waals surface area contributed by atoms with Gasteiger partial charge in [0.1, 0.15) is 0 Å². The number of methoxy groups -OCH3 is 2. The van der Waals surface area contributed by atoms with E-state index in [2.05, 4.69) is 26.1 Å². The van der Waals surface area contributed by atoms with Crippen LogP contribution in [0.1, 0.15) is 36.7 Å². The summed E-state index contributed by atoms with van der Waals surface area (Å²) in [5.74, 6) is 0.941. The Kier molecular flexibility index (Phi) is 4.94. The molecule has 0 aliphatic carbocycles. The topological polar surface area (TPSA) is 47.6 Å². The summed E-state index contributed by atoms with van der Waals surface area (Å²) in [6.45, 7) is 6.47. The molecule has 0 aliphatic heterocycles. The van der Waals surface area contributed by atoms with E-state index in [4.69, 9.17) is 9.47 Å². The standard InChI is InChI=1S/C19H23NO3/c1-19(2,3)14-7-9-15(10-8-14)20-18(21)13-6-11-16(22-4)17(12-13)23-5/h6-12H,1-5H3,(H,20,21). The molecule has 0 unspecified atom stereocenters. The monoisotopic (exact) mass is 313 g/mol. The van der Waals surface area contributed by atoms with Crippen LogP contribution in [0.2, 0.25) is 0 Å². The lowest BCUT2D eigenvalue weighted by molar-refractivity contribution is 0.102. The molecule has 23 heavy (non-hydrogen) atoms. The summed E-state index contributed by atoms with van der Waals surface area (Å²) in [6, 6.07) is 13.0. The van der Waals surface area contributed by atoms with Gasteiger partial charge in [0.15, 0.2) is 11.5 Å². The predicted molar refractivity (Wildman–Crippen MR) is 92.6 cm³/mol. The molecule has 0 atom stereocenters. The Labute approximate surface area is 137 Å². The van der Waals surface area contributed by atoms with Crippen molar-refractivity contribution < 1.29 is 14.3 Å². The molecule has 0 radical (unpaired) electrons. The average molecular weight is 313 g/mol. The molecule has 0 fully saturated rings. The van der Waals surface area contributed by atoms with E-state index in [0.29, 0.717) is 17.1 Å². The van der Waals surface area contributed by atoms with E-state index in [9.17, 15) is 4.79 Å². The van der Waals surface area contributed by atoms with Gasteiger partial charge < -0.3 is 14.8 Å². The molecule has 1 amide bonds. The highest BCUT2D eigenvalue weighted by molar-refractivity contribution is 6.04. The fraction of sp³-hybridized carbons (Fsp3) is 0.316. The molecule has 0 bridgehead atoms. The first-order chi connectivity index (χ1) is 10.8. The third-order valence-electron chi connectivity index (χ3n) is 3.65. The minimum absolute atomic E-state index is 0.0892. The van der Waals surface area contributed by atoms with Crippen LogP contribution < -0.4 is 14.8 Å². The van der Waals surface area contributed by atoms with Gasteiger partial charge in [-0.1, -0.05) is 32.9 Å². The first-order valence-electron chi connectivity index (χ1n) is 7.49. The molecule has 0 heterocycles. The van der Waals surface area contributed by atoms with Crippen LogP contribution in [0.3, 0.4) is 0 Å². The zero-order chi connectivity index (χ0) is 17.0. The number of rotatable bonds is 4. The fourth-order valence-corrected chi connectivity index (χ4v) is 2.23. The molecule has 0 saturated heterocycles. The van der Waals surface area contributed by atoms with E-state index in [1.807, 2.05) is 24.3 Å². The van der Waals surface area contributed by atoms with E-state index >= 15 is 0 Å². The highest BCUT2D eigenvalue weighted by atomic mass is 16.5. The number of hydrogen-bond acceptors (Lipinski definition) is 3. The van der Waals surface area contributed by atoms with Crippen molar-refractivity contribution in [1.82, 2.24) is 0 Å². The van der Waals surface area contributed by atoms with Crippen molar-refractivity contribution in [2.45, 2.75) is 26.2 Å². The molecule has 0 spiro atoms. The Morgan fingerprint density at radius 2 is 1.52 bits per heavy atom. The molecule has 0 aromatic heterocycles. The van der Waals surface area contributed by atoms with Crippen molar-refractivity contribution in [2.75, 3.05) is 19.5 Å². The Morgan fingerprint density at radius 1 is 0.913 bits per heavy atom. The van der Waals surface area contributed by atoms with Gasteiger partial charge in [0.25, 0.3) is 5.91 Å². The second kappa shape index (κ2) is 6.73. The molecular weight excluding hydrogens is 290 g/mol. The smallest absolute Gasteiger partial charge is 0.255 e. The second-order valence-electron chi connectivity index (χ2n) is 6.35. The number of benzene rings is 2. The molecule has 1 N–H and O–H groups in total. The highest BCUT2D eigenvalue weighted by Crippen LogP contribution is 2.28. The van der Waals surface area contributed by atoms with Crippen LogP contribution in [0, 0.1) is 0 Å². The Bertz CT molecular complexity index is 685. The van der Waals surface area contributed by atoms with Gasteiger partial charge in [-0.05, 0) is 41.3 Å². The maximum absolute atomic E-state index is 12.4. The van der Waals surface area contributed by atoms with Gasteiger partial charge in [-0.25, -0.2) is 0 Å². The maximum atomic E-state index is 12.4. The summed E-state index contributed by atoms with van der Waals surface area (Å²) < 4.78 is 10.4. The van der Waals surface area contributed by atoms with E-state index in [1.54, 1.807) is 32.4 Å². The molecule has 4 nitrogen and oxygen atoms in total. The van der Waals surface area contributed by atoms with Crippen molar-refractivity contribution in [3.63, 3.8) is 0 Å². The number of ether oxygens (including phenoxy) is 2. The fourth-order valence-electron chi connectivity index (χ4n) is 2.23. The van der Waals surface area contributed by atoms with Crippen molar-refractivity contribution in [2.24, 2.45) is 0 Å². The van der Waals surface area contributed by atoms with Crippen molar-refractivity contribution in [3.8, 4) is 11.5 Å². The minimum Gasteiger partial charge on any atom is -0.493 e. The van der Waals surface area contributed by atoms with Crippen molar-refractivity contribution >= 4 is 11.6 Å². The SMILES string of the molecule is COc1ccc(C(=O)Nc2ccc(C(C)(C)C)cc2)cc1OC. The van der Waals surface area contributed by atoms with E-state index in [0.717, 1.165) is 5.69 Å². The van der Waals surface area contributed by atoms with Gasteiger partial charge in [-0.15, -0.1) is 0 Å². The summed E-state index contributed by atoms with van der Waals surface area (Å²) in [5.41, 5.74) is 2.59. The lowest BCUT2D eigenvalue weighted by Crippen LogP contribution is -2.13. The predicted octanol–water partition coefficient (Wildman–Crippen LogP) is 4.25. The van der Waals surface area contributed by atoms with E-state index in [-0.39, 0.29) is 11.3 Å². The Balaban J connectivity index is 2.16. The first kappa shape index (κ1) is 16.9. The zero-order valence-electron chi connectivity index (χ0n) is 14.3. The third-order valence-corrected chi connectivity index (χ3v) is 3.65. The van der Waals surface area contributed by atoms with Crippen LogP contribution in [-0.2, 0) is 5.41 Å². The highest BCUT2D eigenvalue weighted by Gasteiger charge is 2.14. The van der Waals surface area contributed by atoms with Gasteiger partial charge >= 0.3 is 0 Å². The largest absolute Gasteiger partial charge is 0.493 e. The normalized spacial score (nSPS) is 11.0. The molecule has 4 heteroatoms. The molecule has 0 saturated carbocycles. The first-order valence-corrected chi connectivity index (χ1v) is 7.49. The van der Waals surface area contributed by atoms with E-state index < -0.39 is 0 Å². The Hall–Kier alpha value is -2.49. The van der Waals surface area contributed by atoms with Crippen LogP contribution in [0.25, 0.3) is 0 Å². The summed E-state index contributed by atoms with van der Waals surface area (Å²) in [6.07, 6.45) is 0.